The van der Waals surface area contributed by atoms with Crippen molar-refractivity contribution in [3.05, 3.63) is 35.7 Å². The molecular formula is C20H29FOSi. The highest BCUT2D eigenvalue weighted by Crippen LogP contribution is 2.40. The number of hydrogen-bond donors (Lipinski definition) is 1. The Hall–Kier alpha value is -1.53. The lowest BCUT2D eigenvalue weighted by molar-refractivity contribution is 0.467. The van der Waals surface area contributed by atoms with Crippen LogP contribution >= 0.6 is 0 Å². The molecule has 0 atom stereocenters. The Labute approximate surface area is 141 Å². The van der Waals surface area contributed by atoms with E-state index in [0.29, 0.717) is 22.2 Å². The Balaban J connectivity index is 3.22. The van der Waals surface area contributed by atoms with Crippen molar-refractivity contribution in [3.8, 4) is 17.2 Å². The molecule has 3 heteroatoms. The summed E-state index contributed by atoms with van der Waals surface area (Å²) in [5, 5.41) is 9.87. The van der Waals surface area contributed by atoms with Gasteiger partial charge in [-0.1, -0.05) is 47.5 Å². The van der Waals surface area contributed by atoms with E-state index in [0.717, 1.165) is 11.6 Å². The average molecular weight is 333 g/mol. The van der Waals surface area contributed by atoms with Crippen molar-refractivity contribution in [1.29, 1.82) is 0 Å². The van der Waals surface area contributed by atoms with Gasteiger partial charge in [0.15, 0.2) is 0 Å². The fourth-order valence-corrected chi connectivity index (χ4v) is 8.81. The SMILES string of the molecule is C/C(=C/C#C[Si](C(C)C)(C(C)C)C(C)C)c1ccc(F)cc1O. The molecule has 0 aliphatic heterocycles. The first kappa shape index (κ1) is 19.5. The van der Waals surface area contributed by atoms with E-state index in [1.807, 2.05) is 13.0 Å². The van der Waals surface area contributed by atoms with Crippen LogP contribution in [0, 0.1) is 17.3 Å². The molecule has 1 aromatic rings. The molecule has 126 valence electrons. The van der Waals surface area contributed by atoms with Gasteiger partial charge in [-0.2, -0.15) is 0 Å². The third-order valence-electron chi connectivity index (χ3n) is 4.83. The summed E-state index contributed by atoms with van der Waals surface area (Å²) in [7, 11) is -1.75. The number of phenolic OH excluding ortho intramolecular Hbond substituents is 1. The lowest BCUT2D eigenvalue weighted by Gasteiger charge is -2.38. The second kappa shape index (κ2) is 7.83. The van der Waals surface area contributed by atoms with Crippen molar-refractivity contribution < 1.29 is 9.50 Å². The van der Waals surface area contributed by atoms with Crippen molar-refractivity contribution in [1.82, 2.24) is 0 Å². The molecule has 0 fully saturated rings. The van der Waals surface area contributed by atoms with Crippen LogP contribution in [0.4, 0.5) is 4.39 Å². The van der Waals surface area contributed by atoms with Crippen LogP contribution in [0.1, 0.15) is 54.0 Å². The van der Waals surface area contributed by atoms with Crippen LogP contribution in [0.15, 0.2) is 24.3 Å². The first-order chi connectivity index (χ1) is 10.6. The molecule has 1 aromatic carbocycles. The maximum atomic E-state index is 13.1. The molecule has 0 radical (unpaired) electrons. The Kier molecular flexibility index (Phi) is 6.65. The van der Waals surface area contributed by atoms with Gasteiger partial charge in [-0.25, -0.2) is 4.39 Å². The third-order valence-corrected chi connectivity index (χ3v) is 11.1. The van der Waals surface area contributed by atoms with Gasteiger partial charge >= 0.3 is 0 Å². The van der Waals surface area contributed by atoms with Gasteiger partial charge in [-0.3, -0.25) is 0 Å². The van der Waals surface area contributed by atoms with Crippen LogP contribution in [0.3, 0.4) is 0 Å². The molecule has 0 aromatic heterocycles. The summed E-state index contributed by atoms with van der Waals surface area (Å²) >= 11 is 0. The second-order valence-corrected chi connectivity index (χ2v) is 12.7. The molecule has 0 aliphatic carbocycles. The molecule has 0 saturated heterocycles. The number of aromatic hydroxyl groups is 1. The van der Waals surface area contributed by atoms with Crippen molar-refractivity contribution >= 4 is 13.6 Å². The monoisotopic (exact) mass is 332 g/mol. The predicted octanol–water partition coefficient (Wildman–Crippen LogP) is 6.16. The fourth-order valence-electron chi connectivity index (χ4n) is 3.62. The van der Waals surface area contributed by atoms with Gasteiger partial charge in [0.2, 0.25) is 0 Å². The second-order valence-electron chi connectivity index (χ2n) is 7.16. The van der Waals surface area contributed by atoms with E-state index in [1.165, 1.54) is 6.07 Å². The van der Waals surface area contributed by atoms with E-state index in [4.69, 9.17) is 0 Å². The first-order valence-electron chi connectivity index (χ1n) is 8.31. The van der Waals surface area contributed by atoms with Gasteiger partial charge in [-0.05, 0) is 47.3 Å². The van der Waals surface area contributed by atoms with Crippen LogP contribution in [0.2, 0.25) is 16.6 Å². The van der Waals surface area contributed by atoms with Crippen LogP contribution in [0.25, 0.3) is 5.57 Å². The molecule has 0 spiro atoms. The van der Waals surface area contributed by atoms with Gasteiger partial charge in [0.25, 0.3) is 0 Å². The van der Waals surface area contributed by atoms with Crippen LogP contribution in [-0.4, -0.2) is 13.2 Å². The Morgan fingerprint density at radius 2 is 1.61 bits per heavy atom. The van der Waals surface area contributed by atoms with Crippen molar-refractivity contribution in [2.45, 2.75) is 65.1 Å². The zero-order chi connectivity index (χ0) is 17.8. The molecule has 0 bridgehead atoms. The quantitative estimate of drug-likeness (QED) is 0.517. The van der Waals surface area contributed by atoms with Crippen molar-refractivity contribution in [2.75, 3.05) is 0 Å². The number of halogens is 1. The summed E-state index contributed by atoms with van der Waals surface area (Å²) in [5.41, 5.74) is 6.86. The van der Waals surface area contributed by atoms with Gasteiger partial charge in [-0.15, -0.1) is 5.54 Å². The summed E-state index contributed by atoms with van der Waals surface area (Å²) in [4.78, 5) is 0. The van der Waals surface area contributed by atoms with E-state index < -0.39 is 13.9 Å². The van der Waals surface area contributed by atoms with Crippen molar-refractivity contribution in [2.24, 2.45) is 0 Å². The minimum Gasteiger partial charge on any atom is -0.507 e. The molecule has 0 saturated carbocycles. The summed E-state index contributed by atoms with van der Waals surface area (Å²) in [5.74, 6) is 2.78. The van der Waals surface area contributed by atoms with Crippen molar-refractivity contribution in [3.63, 3.8) is 0 Å². The molecule has 0 aliphatic rings. The minimum absolute atomic E-state index is 0.0411. The maximum absolute atomic E-state index is 13.1. The largest absolute Gasteiger partial charge is 0.507 e. The highest BCUT2D eigenvalue weighted by Gasteiger charge is 2.41. The molecule has 0 heterocycles. The Morgan fingerprint density at radius 3 is 2.04 bits per heavy atom. The van der Waals surface area contributed by atoms with Gasteiger partial charge in [0.05, 0.1) is 0 Å². The molecule has 23 heavy (non-hydrogen) atoms. The third kappa shape index (κ3) is 4.26. The van der Waals surface area contributed by atoms with E-state index in [2.05, 4.69) is 53.0 Å². The highest BCUT2D eigenvalue weighted by molar-refractivity contribution is 6.90. The Bertz CT molecular complexity index is 611. The molecule has 1 N–H and O–H groups in total. The van der Waals surface area contributed by atoms with Crippen LogP contribution < -0.4 is 0 Å². The van der Waals surface area contributed by atoms with E-state index >= 15 is 0 Å². The lowest BCUT2D eigenvalue weighted by atomic mass is 10.1. The maximum Gasteiger partial charge on any atom is 0.146 e. The van der Waals surface area contributed by atoms with Crippen LogP contribution in [-0.2, 0) is 0 Å². The summed E-state index contributed by atoms with van der Waals surface area (Å²) in [6.45, 7) is 15.6. The highest BCUT2D eigenvalue weighted by atomic mass is 28.3. The normalized spacial score (nSPS) is 12.7. The van der Waals surface area contributed by atoms with Crippen LogP contribution in [0.5, 0.6) is 5.75 Å². The minimum atomic E-state index is -1.75. The molecular weight excluding hydrogens is 303 g/mol. The molecule has 0 unspecified atom stereocenters. The topological polar surface area (TPSA) is 20.2 Å². The number of allylic oxidation sites excluding steroid dienone is 2. The van der Waals surface area contributed by atoms with Gasteiger partial charge in [0.1, 0.15) is 19.6 Å². The average Bonchev–Trinajstić information content (AvgIpc) is 2.41. The number of benzene rings is 1. The smallest absolute Gasteiger partial charge is 0.146 e. The fraction of sp³-hybridized carbons (Fsp3) is 0.500. The predicted molar refractivity (Wildman–Crippen MR) is 101 cm³/mol. The molecule has 0 amide bonds. The van der Waals surface area contributed by atoms with Gasteiger partial charge < -0.3 is 5.11 Å². The van der Waals surface area contributed by atoms with E-state index in [-0.39, 0.29) is 5.75 Å². The zero-order valence-electron chi connectivity index (χ0n) is 15.4. The summed E-state index contributed by atoms with van der Waals surface area (Å²) < 4.78 is 13.1. The number of rotatable bonds is 4. The van der Waals surface area contributed by atoms with E-state index in [1.54, 1.807) is 6.07 Å². The molecule has 1 rings (SSSR count). The summed E-state index contributed by atoms with van der Waals surface area (Å²) in [6, 6.07) is 4.08. The zero-order valence-corrected chi connectivity index (χ0v) is 16.4. The molecule has 1 nitrogen and oxygen atoms in total. The standard InChI is InChI=1S/C20H29FOSi/c1-14(2)23(15(3)4,16(5)6)12-8-9-17(7)19-11-10-18(21)13-20(19)22/h9-11,13-16,22H,1-7H3/b17-9-. The number of hydrogen-bond acceptors (Lipinski definition) is 1. The number of phenols is 1. The Morgan fingerprint density at radius 1 is 1.09 bits per heavy atom. The van der Waals surface area contributed by atoms with E-state index in [9.17, 15) is 9.50 Å². The first-order valence-corrected chi connectivity index (χ1v) is 10.5. The lowest BCUT2D eigenvalue weighted by Crippen LogP contribution is -2.43. The van der Waals surface area contributed by atoms with Gasteiger partial charge in [0, 0.05) is 11.6 Å². The summed E-state index contributed by atoms with van der Waals surface area (Å²) in [6.07, 6.45) is 1.85.